The summed E-state index contributed by atoms with van der Waals surface area (Å²) in [5, 5.41) is 0.431. The Morgan fingerprint density at radius 3 is 2.70 bits per heavy atom. The Morgan fingerprint density at radius 2 is 2.10 bits per heavy atom. The second-order valence-corrected chi connectivity index (χ2v) is 5.99. The van der Waals surface area contributed by atoms with E-state index < -0.39 is 0 Å². The Kier molecular flexibility index (Phi) is 6.15. The molecule has 112 valence electrons. The van der Waals surface area contributed by atoms with E-state index in [4.69, 9.17) is 17.3 Å². The average molecular weight is 317 g/mol. The van der Waals surface area contributed by atoms with E-state index in [2.05, 4.69) is 6.92 Å². The standard InChI is InChI=1S/C15H21ClN2O.ClH/c1-10-4-3-5-12(8-10)18(2)15(19)13-7-6-11(17)9-14(13)16;/h6-7,9-10,12H,3-5,8,17H2,1-2H3;1H. The van der Waals surface area contributed by atoms with E-state index in [1.54, 1.807) is 18.2 Å². The lowest BCUT2D eigenvalue weighted by molar-refractivity contribution is 0.0672. The van der Waals surface area contributed by atoms with Gasteiger partial charge in [0.2, 0.25) is 0 Å². The van der Waals surface area contributed by atoms with Gasteiger partial charge < -0.3 is 10.6 Å². The summed E-state index contributed by atoms with van der Waals surface area (Å²) in [5.41, 5.74) is 6.77. The highest BCUT2D eigenvalue weighted by molar-refractivity contribution is 6.34. The van der Waals surface area contributed by atoms with Gasteiger partial charge >= 0.3 is 0 Å². The number of hydrogen-bond acceptors (Lipinski definition) is 2. The van der Waals surface area contributed by atoms with E-state index in [1.165, 1.54) is 12.8 Å². The minimum Gasteiger partial charge on any atom is -0.399 e. The van der Waals surface area contributed by atoms with E-state index in [0.29, 0.717) is 28.2 Å². The van der Waals surface area contributed by atoms with E-state index in [9.17, 15) is 4.79 Å². The molecular weight excluding hydrogens is 295 g/mol. The molecular formula is C15H22Cl2N2O. The van der Waals surface area contributed by atoms with Crippen LogP contribution in [-0.4, -0.2) is 23.9 Å². The van der Waals surface area contributed by atoms with Crippen LogP contribution < -0.4 is 5.73 Å². The van der Waals surface area contributed by atoms with E-state index in [-0.39, 0.29) is 18.3 Å². The molecule has 0 saturated heterocycles. The fourth-order valence-corrected chi connectivity index (χ4v) is 3.08. The third kappa shape index (κ3) is 3.80. The van der Waals surface area contributed by atoms with Crippen molar-refractivity contribution in [1.82, 2.24) is 4.90 Å². The van der Waals surface area contributed by atoms with Gasteiger partial charge in [-0.2, -0.15) is 0 Å². The minimum absolute atomic E-state index is 0. The molecule has 0 aliphatic heterocycles. The van der Waals surface area contributed by atoms with Crippen LogP contribution in [0.5, 0.6) is 0 Å². The number of rotatable bonds is 2. The highest BCUT2D eigenvalue weighted by Gasteiger charge is 2.26. The summed E-state index contributed by atoms with van der Waals surface area (Å²) >= 11 is 6.11. The molecule has 0 bridgehead atoms. The van der Waals surface area contributed by atoms with Crippen molar-refractivity contribution in [2.24, 2.45) is 5.92 Å². The smallest absolute Gasteiger partial charge is 0.255 e. The first-order chi connectivity index (χ1) is 8.99. The van der Waals surface area contributed by atoms with Gasteiger partial charge in [-0.25, -0.2) is 0 Å². The number of hydrogen-bond donors (Lipinski definition) is 1. The topological polar surface area (TPSA) is 46.3 Å². The lowest BCUT2D eigenvalue weighted by Crippen LogP contribution is -2.39. The van der Waals surface area contributed by atoms with Crippen molar-refractivity contribution < 1.29 is 4.79 Å². The van der Waals surface area contributed by atoms with Crippen LogP contribution in [0.2, 0.25) is 5.02 Å². The maximum atomic E-state index is 12.5. The van der Waals surface area contributed by atoms with E-state index >= 15 is 0 Å². The summed E-state index contributed by atoms with van der Waals surface area (Å²) < 4.78 is 0. The lowest BCUT2D eigenvalue weighted by atomic mass is 9.86. The molecule has 20 heavy (non-hydrogen) atoms. The van der Waals surface area contributed by atoms with Crippen LogP contribution in [0.3, 0.4) is 0 Å². The molecule has 2 atom stereocenters. The Hall–Kier alpha value is -0.930. The normalized spacial score (nSPS) is 21.9. The monoisotopic (exact) mass is 316 g/mol. The molecule has 2 rings (SSSR count). The van der Waals surface area contributed by atoms with Gasteiger partial charge in [-0.05, 0) is 37.0 Å². The van der Waals surface area contributed by atoms with Crippen LogP contribution in [0, 0.1) is 5.92 Å². The number of carbonyl (C=O) groups excluding carboxylic acids is 1. The summed E-state index contributed by atoms with van der Waals surface area (Å²) in [6.45, 7) is 2.25. The SMILES string of the molecule is CC1CCCC(N(C)C(=O)c2ccc(N)cc2Cl)C1.Cl. The van der Waals surface area contributed by atoms with E-state index in [0.717, 1.165) is 12.8 Å². The van der Waals surface area contributed by atoms with Crippen LogP contribution in [0.15, 0.2) is 18.2 Å². The molecule has 1 aromatic rings. The van der Waals surface area contributed by atoms with Crippen molar-refractivity contribution in [3.63, 3.8) is 0 Å². The molecule has 1 amide bonds. The van der Waals surface area contributed by atoms with Gasteiger partial charge in [-0.15, -0.1) is 12.4 Å². The van der Waals surface area contributed by atoms with Gasteiger partial charge in [-0.3, -0.25) is 4.79 Å². The zero-order chi connectivity index (χ0) is 14.0. The maximum absolute atomic E-state index is 12.5. The number of amides is 1. The lowest BCUT2D eigenvalue weighted by Gasteiger charge is -2.34. The van der Waals surface area contributed by atoms with Crippen molar-refractivity contribution >= 4 is 35.6 Å². The number of nitrogens with two attached hydrogens (primary N) is 1. The summed E-state index contributed by atoms with van der Waals surface area (Å²) in [5.74, 6) is 0.681. The van der Waals surface area contributed by atoms with Gasteiger partial charge in [0.25, 0.3) is 5.91 Å². The van der Waals surface area contributed by atoms with Gasteiger partial charge in [0.1, 0.15) is 0 Å². The molecule has 3 nitrogen and oxygen atoms in total. The molecule has 2 N–H and O–H groups in total. The molecule has 1 saturated carbocycles. The molecule has 5 heteroatoms. The van der Waals surface area contributed by atoms with Gasteiger partial charge in [0.05, 0.1) is 10.6 Å². The summed E-state index contributed by atoms with van der Waals surface area (Å²) in [6, 6.07) is 5.38. The quantitative estimate of drug-likeness (QED) is 0.838. The molecule has 1 fully saturated rings. The molecule has 0 spiro atoms. The van der Waals surface area contributed by atoms with E-state index in [1.807, 2.05) is 11.9 Å². The number of benzene rings is 1. The van der Waals surface area contributed by atoms with Gasteiger partial charge in [0, 0.05) is 18.8 Å². The minimum atomic E-state index is -0.0101. The molecule has 0 radical (unpaired) electrons. The van der Waals surface area contributed by atoms with Crippen molar-refractivity contribution in [2.45, 2.75) is 38.6 Å². The molecule has 2 unspecified atom stereocenters. The van der Waals surface area contributed by atoms with Crippen LogP contribution in [0.25, 0.3) is 0 Å². The summed E-state index contributed by atoms with van der Waals surface area (Å²) in [4.78, 5) is 14.3. The highest BCUT2D eigenvalue weighted by atomic mass is 35.5. The molecule has 1 aliphatic carbocycles. The molecule has 1 aliphatic rings. The molecule has 1 aromatic carbocycles. The number of nitrogen functional groups attached to an aromatic ring is 1. The number of anilines is 1. The Bertz CT molecular complexity index is 479. The van der Waals surface area contributed by atoms with Crippen LogP contribution in [0.4, 0.5) is 5.69 Å². The molecule has 0 heterocycles. The second-order valence-electron chi connectivity index (χ2n) is 5.58. The Labute approximate surface area is 131 Å². The Morgan fingerprint density at radius 1 is 1.40 bits per heavy atom. The van der Waals surface area contributed by atoms with Crippen molar-refractivity contribution in [1.29, 1.82) is 0 Å². The van der Waals surface area contributed by atoms with Crippen molar-refractivity contribution in [3.8, 4) is 0 Å². The summed E-state index contributed by atoms with van der Waals surface area (Å²) in [7, 11) is 1.87. The third-order valence-electron chi connectivity index (χ3n) is 4.00. The largest absolute Gasteiger partial charge is 0.399 e. The average Bonchev–Trinajstić information content (AvgIpc) is 2.37. The fourth-order valence-electron chi connectivity index (χ4n) is 2.81. The summed E-state index contributed by atoms with van der Waals surface area (Å²) in [6.07, 6.45) is 4.62. The van der Waals surface area contributed by atoms with Crippen LogP contribution in [0.1, 0.15) is 43.0 Å². The van der Waals surface area contributed by atoms with Crippen molar-refractivity contribution in [2.75, 3.05) is 12.8 Å². The predicted octanol–water partition coefficient (Wildman–Crippen LogP) is 3.99. The van der Waals surface area contributed by atoms with Gasteiger partial charge in [0.15, 0.2) is 0 Å². The van der Waals surface area contributed by atoms with Crippen molar-refractivity contribution in [3.05, 3.63) is 28.8 Å². The zero-order valence-electron chi connectivity index (χ0n) is 11.9. The maximum Gasteiger partial charge on any atom is 0.255 e. The Balaban J connectivity index is 0.00000200. The second kappa shape index (κ2) is 7.19. The first kappa shape index (κ1) is 17.1. The predicted molar refractivity (Wildman–Crippen MR) is 86.6 cm³/mol. The highest BCUT2D eigenvalue weighted by Crippen LogP contribution is 2.28. The number of carbonyl (C=O) groups is 1. The first-order valence-electron chi connectivity index (χ1n) is 6.81. The molecule has 0 aromatic heterocycles. The fraction of sp³-hybridized carbons (Fsp3) is 0.533. The van der Waals surface area contributed by atoms with Crippen LogP contribution >= 0.6 is 24.0 Å². The third-order valence-corrected chi connectivity index (χ3v) is 4.31. The number of nitrogens with zero attached hydrogens (tertiary/aromatic N) is 1. The zero-order valence-corrected chi connectivity index (χ0v) is 13.5. The first-order valence-corrected chi connectivity index (χ1v) is 7.19. The van der Waals surface area contributed by atoms with Crippen LogP contribution in [-0.2, 0) is 0 Å². The van der Waals surface area contributed by atoms with Gasteiger partial charge in [-0.1, -0.05) is 31.4 Å². The number of halogens is 2.